The summed E-state index contributed by atoms with van der Waals surface area (Å²) in [6.45, 7) is 3.93. The molecule has 1 fully saturated rings. The van der Waals surface area contributed by atoms with Crippen molar-refractivity contribution in [3.8, 4) is 0 Å². The van der Waals surface area contributed by atoms with Crippen LogP contribution in [0.15, 0.2) is 47.4 Å². The summed E-state index contributed by atoms with van der Waals surface area (Å²) < 4.78 is 1.32. The van der Waals surface area contributed by atoms with Gasteiger partial charge in [-0.25, -0.2) is 0 Å². The van der Waals surface area contributed by atoms with Crippen molar-refractivity contribution in [3.63, 3.8) is 0 Å². The van der Waals surface area contributed by atoms with Crippen LogP contribution in [0, 0.1) is 6.92 Å². The molecule has 2 aromatic rings. The van der Waals surface area contributed by atoms with Gasteiger partial charge >= 0.3 is 0 Å². The maximum Gasteiger partial charge on any atom is 0.263 e. The molecular formula is C21H25N3O3. The van der Waals surface area contributed by atoms with E-state index in [9.17, 15) is 14.4 Å². The van der Waals surface area contributed by atoms with Crippen LogP contribution in [-0.4, -0.2) is 40.9 Å². The monoisotopic (exact) mass is 367 g/mol. The second kappa shape index (κ2) is 8.66. The van der Waals surface area contributed by atoms with E-state index in [0.29, 0.717) is 13.0 Å². The van der Waals surface area contributed by atoms with Crippen molar-refractivity contribution in [2.24, 2.45) is 0 Å². The third-order valence-electron chi connectivity index (χ3n) is 4.81. The summed E-state index contributed by atoms with van der Waals surface area (Å²) in [5.41, 5.74) is 1.94. The van der Waals surface area contributed by atoms with Crippen molar-refractivity contribution in [2.75, 3.05) is 19.6 Å². The van der Waals surface area contributed by atoms with E-state index in [1.54, 1.807) is 17.2 Å². The van der Waals surface area contributed by atoms with Crippen molar-refractivity contribution in [1.29, 1.82) is 0 Å². The molecule has 2 heterocycles. The van der Waals surface area contributed by atoms with Crippen molar-refractivity contribution >= 4 is 11.8 Å². The number of nitrogens with one attached hydrogen (secondary N) is 1. The highest BCUT2D eigenvalue weighted by atomic mass is 16.2. The van der Waals surface area contributed by atoms with Crippen LogP contribution in [0.1, 0.15) is 34.3 Å². The molecule has 1 N–H and O–H groups in total. The highest BCUT2D eigenvalue weighted by Gasteiger charge is 2.19. The summed E-state index contributed by atoms with van der Waals surface area (Å²) in [6, 6.07) is 11.2. The van der Waals surface area contributed by atoms with Gasteiger partial charge in [0.2, 0.25) is 5.91 Å². The molecule has 142 valence electrons. The lowest BCUT2D eigenvalue weighted by molar-refractivity contribution is -0.130. The number of hydrogen-bond acceptors (Lipinski definition) is 3. The van der Waals surface area contributed by atoms with E-state index in [-0.39, 0.29) is 18.0 Å². The Labute approximate surface area is 158 Å². The Morgan fingerprint density at radius 3 is 2.63 bits per heavy atom. The van der Waals surface area contributed by atoms with E-state index in [1.165, 1.54) is 16.2 Å². The summed E-state index contributed by atoms with van der Waals surface area (Å²) in [5, 5.41) is 2.80. The van der Waals surface area contributed by atoms with Crippen LogP contribution in [0.2, 0.25) is 0 Å². The Bertz CT molecular complexity index is 882. The summed E-state index contributed by atoms with van der Waals surface area (Å²) in [6.07, 6.45) is 4.26. The van der Waals surface area contributed by atoms with E-state index < -0.39 is 11.5 Å². The zero-order valence-corrected chi connectivity index (χ0v) is 15.6. The van der Waals surface area contributed by atoms with Gasteiger partial charge in [-0.1, -0.05) is 29.8 Å². The number of rotatable bonds is 6. The average molecular weight is 367 g/mol. The molecule has 6 nitrogen and oxygen atoms in total. The summed E-state index contributed by atoms with van der Waals surface area (Å²) >= 11 is 0. The van der Waals surface area contributed by atoms with Gasteiger partial charge in [-0.15, -0.1) is 0 Å². The highest BCUT2D eigenvalue weighted by Crippen LogP contribution is 2.08. The van der Waals surface area contributed by atoms with Crippen molar-refractivity contribution < 1.29 is 9.59 Å². The lowest BCUT2D eigenvalue weighted by atomic mass is 10.1. The normalized spacial score (nSPS) is 13.6. The first kappa shape index (κ1) is 18.9. The highest BCUT2D eigenvalue weighted by molar-refractivity contribution is 5.93. The molecule has 0 atom stereocenters. The summed E-state index contributed by atoms with van der Waals surface area (Å²) in [4.78, 5) is 39.0. The third-order valence-corrected chi connectivity index (χ3v) is 4.81. The maximum atomic E-state index is 12.6. The van der Waals surface area contributed by atoms with Gasteiger partial charge < -0.3 is 14.8 Å². The van der Waals surface area contributed by atoms with Crippen LogP contribution >= 0.6 is 0 Å². The third kappa shape index (κ3) is 4.84. The number of carbonyl (C=O) groups is 2. The summed E-state index contributed by atoms with van der Waals surface area (Å²) in [7, 11) is 0. The number of benzene rings is 1. The number of nitrogens with zero attached hydrogens (tertiary/aromatic N) is 2. The molecule has 0 aliphatic carbocycles. The van der Waals surface area contributed by atoms with Crippen LogP contribution in [0.3, 0.4) is 0 Å². The van der Waals surface area contributed by atoms with E-state index in [2.05, 4.69) is 11.4 Å². The first-order valence-corrected chi connectivity index (χ1v) is 9.35. The summed E-state index contributed by atoms with van der Waals surface area (Å²) in [5.74, 6) is -0.484. The predicted octanol–water partition coefficient (Wildman–Crippen LogP) is 1.75. The molecule has 27 heavy (non-hydrogen) atoms. The quantitative estimate of drug-likeness (QED) is 0.846. The molecule has 1 aliphatic heterocycles. The second-order valence-electron chi connectivity index (χ2n) is 6.94. The minimum atomic E-state index is -0.432. The van der Waals surface area contributed by atoms with Gasteiger partial charge in [0.15, 0.2) is 0 Å². The number of aromatic nitrogens is 1. The molecule has 0 unspecified atom stereocenters. The molecule has 0 saturated carbocycles. The van der Waals surface area contributed by atoms with E-state index >= 15 is 0 Å². The predicted molar refractivity (Wildman–Crippen MR) is 104 cm³/mol. The number of aryl methyl sites for hydroxylation is 1. The molecule has 0 radical (unpaired) electrons. The second-order valence-corrected chi connectivity index (χ2v) is 6.94. The topological polar surface area (TPSA) is 71.4 Å². The minimum Gasteiger partial charge on any atom is -0.352 e. The van der Waals surface area contributed by atoms with Crippen molar-refractivity contribution in [3.05, 3.63) is 69.6 Å². The zero-order valence-electron chi connectivity index (χ0n) is 15.6. The number of hydrogen-bond donors (Lipinski definition) is 1. The van der Waals surface area contributed by atoms with Gasteiger partial charge in [0, 0.05) is 25.8 Å². The maximum absolute atomic E-state index is 12.6. The lowest BCUT2D eigenvalue weighted by Gasteiger charge is -2.16. The van der Waals surface area contributed by atoms with Gasteiger partial charge in [-0.05, 0) is 43.9 Å². The van der Waals surface area contributed by atoms with Crippen LogP contribution in [0.5, 0.6) is 0 Å². The lowest BCUT2D eigenvalue weighted by Crippen LogP contribution is -2.37. The van der Waals surface area contributed by atoms with Crippen LogP contribution < -0.4 is 10.9 Å². The number of amides is 2. The Hall–Kier alpha value is -2.89. The van der Waals surface area contributed by atoms with E-state index in [4.69, 9.17) is 0 Å². The molecule has 6 heteroatoms. The van der Waals surface area contributed by atoms with Gasteiger partial charge in [0.1, 0.15) is 12.1 Å². The Morgan fingerprint density at radius 1 is 1.11 bits per heavy atom. The number of pyridine rings is 1. The molecule has 3 rings (SSSR count). The largest absolute Gasteiger partial charge is 0.352 e. The average Bonchev–Trinajstić information content (AvgIpc) is 3.18. The molecule has 1 aromatic heterocycles. The van der Waals surface area contributed by atoms with Gasteiger partial charge in [0.05, 0.1) is 0 Å². The van der Waals surface area contributed by atoms with Crippen LogP contribution in [-0.2, 0) is 17.8 Å². The molecule has 0 spiro atoms. The first-order chi connectivity index (χ1) is 13.0. The fraction of sp³-hybridized carbons (Fsp3) is 0.381. The molecule has 1 aliphatic rings. The van der Waals surface area contributed by atoms with E-state index in [0.717, 1.165) is 31.5 Å². The fourth-order valence-corrected chi connectivity index (χ4v) is 3.33. The Balaban J connectivity index is 1.61. The standard InChI is InChI=1S/C21H25N3O3/c1-16-6-4-7-17(14-16)9-10-22-20(26)18-8-5-13-24(21(18)27)15-19(25)23-11-2-3-12-23/h4-8,13-14H,2-3,9-12,15H2,1H3,(H,22,26). The molecule has 1 aromatic carbocycles. The van der Waals surface area contributed by atoms with Crippen molar-refractivity contribution in [2.45, 2.75) is 32.7 Å². The van der Waals surface area contributed by atoms with Gasteiger partial charge in [-0.2, -0.15) is 0 Å². The van der Waals surface area contributed by atoms with Crippen molar-refractivity contribution in [1.82, 2.24) is 14.8 Å². The molecule has 2 amide bonds. The molecule has 0 bridgehead atoms. The fourth-order valence-electron chi connectivity index (χ4n) is 3.33. The number of carbonyl (C=O) groups excluding carboxylic acids is 2. The zero-order chi connectivity index (χ0) is 19.2. The minimum absolute atomic E-state index is 0.0246. The Kier molecular flexibility index (Phi) is 6.06. The van der Waals surface area contributed by atoms with Crippen LogP contribution in [0.4, 0.5) is 0 Å². The Morgan fingerprint density at radius 2 is 1.89 bits per heavy atom. The molecular weight excluding hydrogens is 342 g/mol. The van der Waals surface area contributed by atoms with Gasteiger partial charge in [0.25, 0.3) is 11.5 Å². The van der Waals surface area contributed by atoms with E-state index in [1.807, 2.05) is 25.1 Å². The smallest absolute Gasteiger partial charge is 0.263 e. The number of likely N-dealkylation sites (tertiary alicyclic amines) is 1. The molecule has 1 saturated heterocycles. The first-order valence-electron chi connectivity index (χ1n) is 9.35. The van der Waals surface area contributed by atoms with Gasteiger partial charge in [-0.3, -0.25) is 14.4 Å². The van der Waals surface area contributed by atoms with Crippen LogP contribution in [0.25, 0.3) is 0 Å². The SMILES string of the molecule is Cc1cccc(CCNC(=O)c2cccn(CC(=O)N3CCCC3)c2=O)c1.